The van der Waals surface area contributed by atoms with Gasteiger partial charge in [-0.2, -0.15) is 0 Å². The highest BCUT2D eigenvalue weighted by atomic mass is 35.5. The Balaban J connectivity index is 0.00000400. The first kappa shape index (κ1) is 20.7. The van der Waals surface area contributed by atoms with E-state index in [2.05, 4.69) is 20.4 Å². The molecule has 0 spiro atoms. The number of alkyl halides is 2. The number of rotatable bonds is 8. The largest absolute Gasteiger partial charge is 0.354 e. The first-order valence-corrected chi connectivity index (χ1v) is 7.82. The fraction of sp³-hybridized carbons (Fsp3) is 0.833. The Bertz CT molecular complexity index is 283. The minimum absolute atomic E-state index is 0. The summed E-state index contributed by atoms with van der Waals surface area (Å²) in [5.41, 5.74) is 0. The average Bonchev–Trinajstić information content (AvgIpc) is 2.48. The molecule has 2 amide bonds. The van der Waals surface area contributed by atoms with Crippen LogP contribution in [0.15, 0.2) is 0 Å². The van der Waals surface area contributed by atoms with Crippen LogP contribution in [0.1, 0.15) is 0 Å². The van der Waals surface area contributed by atoms with E-state index in [1.54, 1.807) is 0 Å². The molecular weight excluding hydrogens is 339 g/mol. The Hall–Kier alpha value is -0.270. The third-order valence-electron chi connectivity index (χ3n) is 3.21. The highest BCUT2D eigenvalue weighted by molar-refractivity contribution is 6.27. The van der Waals surface area contributed by atoms with Crippen LogP contribution < -0.4 is 10.6 Å². The molecule has 2 N–H and O–H groups in total. The molecular formula is C12H23Cl3N4O2. The molecule has 1 aliphatic rings. The van der Waals surface area contributed by atoms with Crippen LogP contribution >= 0.6 is 35.6 Å². The van der Waals surface area contributed by atoms with Crippen molar-refractivity contribution in [3.8, 4) is 0 Å². The summed E-state index contributed by atoms with van der Waals surface area (Å²) in [5, 5.41) is 5.52. The minimum atomic E-state index is -0.125. The third kappa shape index (κ3) is 9.37. The number of hydrogen-bond donors (Lipinski definition) is 2. The zero-order valence-corrected chi connectivity index (χ0v) is 14.3. The van der Waals surface area contributed by atoms with Crippen molar-refractivity contribution in [2.45, 2.75) is 0 Å². The van der Waals surface area contributed by atoms with Crippen molar-refractivity contribution < 1.29 is 9.59 Å². The number of carbonyl (C=O) groups excluding carboxylic acids is 2. The van der Waals surface area contributed by atoms with Crippen molar-refractivity contribution in [3.05, 3.63) is 0 Å². The van der Waals surface area contributed by atoms with Gasteiger partial charge in [0, 0.05) is 52.4 Å². The number of hydrogen-bond acceptors (Lipinski definition) is 4. The SMILES string of the molecule is Cl.O=C(CCl)NCCN1CCN(CCNC(=O)CCl)CC1. The number of nitrogens with zero attached hydrogens (tertiary/aromatic N) is 2. The fourth-order valence-electron chi connectivity index (χ4n) is 2.04. The molecule has 1 saturated heterocycles. The predicted molar refractivity (Wildman–Crippen MR) is 87.6 cm³/mol. The minimum Gasteiger partial charge on any atom is -0.354 e. The highest BCUT2D eigenvalue weighted by Crippen LogP contribution is 2.00. The number of piperazine rings is 1. The van der Waals surface area contributed by atoms with E-state index in [1.165, 1.54) is 0 Å². The number of carbonyl (C=O) groups is 2. The Morgan fingerprint density at radius 2 is 1.14 bits per heavy atom. The Kier molecular flexibility index (Phi) is 12.1. The quantitative estimate of drug-likeness (QED) is 0.585. The standard InChI is InChI=1S/C12H22Cl2N4O2.ClH/c13-9-11(19)15-1-3-17-5-7-18(8-6-17)4-2-16-12(20)10-14;/h1-10H2,(H,15,19)(H,16,20);1H. The van der Waals surface area contributed by atoms with Crippen LogP contribution in [0.4, 0.5) is 0 Å². The molecule has 0 aliphatic carbocycles. The lowest BCUT2D eigenvalue weighted by Gasteiger charge is -2.34. The van der Waals surface area contributed by atoms with Crippen molar-refractivity contribution in [2.24, 2.45) is 0 Å². The van der Waals surface area contributed by atoms with Crippen LogP contribution in [0.5, 0.6) is 0 Å². The Labute approximate surface area is 141 Å². The van der Waals surface area contributed by atoms with E-state index in [9.17, 15) is 9.59 Å². The van der Waals surface area contributed by atoms with Gasteiger partial charge in [-0.05, 0) is 0 Å². The molecule has 9 heteroatoms. The molecule has 21 heavy (non-hydrogen) atoms. The van der Waals surface area contributed by atoms with Crippen molar-refractivity contribution in [2.75, 3.05) is 64.1 Å². The Morgan fingerprint density at radius 3 is 1.43 bits per heavy atom. The van der Waals surface area contributed by atoms with Crippen LogP contribution in [0.25, 0.3) is 0 Å². The monoisotopic (exact) mass is 360 g/mol. The maximum atomic E-state index is 11.0. The molecule has 0 atom stereocenters. The smallest absolute Gasteiger partial charge is 0.234 e. The zero-order chi connectivity index (χ0) is 14.8. The van der Waals surface area contributed by atoms with Gasteiger partial charge in [-0.1, -0.05) is 0 Å². The summed E-state index contributed by atoms with van der Waals surface area (Å²) in [6, 6.07) is 0. The lowest BCUT2D eigenvalue weighted by atomic mass is 10.3. The number of halogens is 3. The van der Waals surface area contributed by atoms with Gasteiger partial charge in [0.15, 0.2) is 0 Å². The molecule has 0 unspecified atom stereocenters. The van der Waals surface area contributed by atoms with Crippen LogP contribution in [-0.2, 0) is 9.59 Å². The molecule has 1 rings (SSSR count). The van der Waals surface area contributed by atoms with Crippen LogP contribution in [0, 0.1) is 0 Å². The molecule has 1 heterocycles. The molecule has 1 aliphatic heterocycles. The molecule has 1 fully saturated rings. The van der Waals surface area contributed by atoms with Gasteiger partial charge >= 0.3 is 0 Å². The van der Waals surface area contributed by atoms with E-state index >= 15 is 0 Å². The van der Waals surface area contributed by atoms with Crippen molar-refractivity contribution in [1.82, 2.24) is 20.4 Å². The number of amides is 2. The summed E-state index contributed by atoms with van der Waals surface area (Å²) in [6.07, 6.45) is 0. The number of nitrogens with one attached hydrogen (secondary N) is 2. The van der Waals surface area contributed by atoms with Gasteiger partial charge in [-0.25, -0.2) is 0 Å². The van der Waals surface area contributed by atoms with Gasteiger partial charge in [0.1, 0.15) is 11.8 Å². The second kappa shape index (κ2) is 12.3. The van der Waals surface area contributed by atoms with Gasteiger partial charge in [0.2, 0.25) is 11.8 Å². The second-order valence-corrected chi connectivity index (χ2v) is 5.18. The molecule has 0 radical (unpaired) electrons. The summed E-state index contributed by atoms with van der Waals surface area (Å²) < 4.78 is 0. The zero-order valence-electron chi connectivity index (χ0n) is 11.9. The van der Waals surface area contributed by atoms with Gasteiger partial charge in [-0.3, -0.25) is 19.4 Å². The lowest BCUT2D eigenvalue weighted by molar-refractivity contribution is -0.119. The van der Waals surface area contributed by atoms with E-state index in [0.29, 0.717) is 13.1 Å². The maximum Gasteiger partial charge on any atom is 0.234 e. The summed E-state index contributed by atoms with van der Waals surface area (Å²) in [5.74, 6) is -0.218. The van der Waals surface area contributed by atoms with E-state index in [1.807, 2.05) is 0 Å². The molecule has 124 valence electrons. The van der Waals surface area contributed by atoms with Gasteiger partial charge in [0.05, 0.1) is 0 Å². The van der Waals surface area contributed by atoms with Crippen molar-refractivity contribution >= 4 is 47.4 Å². The first-order chi connectivity index (χ1) is 9.65. The molecule has 0 aromatic heterocycles. The van der Waals surface area contributed by atoms with Gasteiger partial charge in [-0.15, -0.1) is 35.6 Å². The van der Waals surface area contributed by atoms with Crippen molar-refractivity contribution in [1.29, 1.82) is 0 Å². The second-order valence-electron chi connectivity index (χ2n) is 4.65. The predicted octanol–water partition coefficient (Wildman–Crippen LogP) is -0.264. The molecule has 0 aromatic carbocycles. The highest BCUT2D eigenvalue weighted by Gasteiger charge is 2.16. The first-order valence-electron chi connectivity index (χ1n) is 6.75. The topological polar surface area (TPSA) is 64.7 Å². The molecule has 0 saturated carbocycles. The summed E-state index contributed by atoms with van der Waals surface area (Å²) >= 11 is 10.8. The summed E-state index contributed by atoms with van der Waals surface area (Å²) in [6.45, 7) is 6.86. The molecule has 0 aromatic rings. The molecule has 0 bridgehead atoms. The van der Waals surface area contributed by atoms with E-state index < -0.39 is 0 Å². The van der Waals surface area contributed by atoms with Crippen LogP contribution in [0.3, 0.4) is 0 Å². The Morgan fingerprint density at radius 1 is 0.810 bits per heavy atom. The molecule has 6 nitrogen and oxygen atoms in total. The lowest BCUT2D eigenvalue weighted by Crippen LogP contribution is -2.50. The third-order valence-corrected chi connectivity index (χ3v) is 3.69. The van der Waals surface area contributed by atoms with Crippen LogP contribution in [0.2, 0.25) is 0 Å². The van der Waals surface area contributed by atoms with Gasteiger partial charge < -0.3 is 10.6 Å². The average molecular weight is 362 g/mol. The summed E-state index contributed by atoms with van der Waals surface area (Å²) in [4.78, 5) is 26.6. The fourth-order valence-corrected chi connectivity index (χ4v) is 2.23. The summed E-state index contributed by atoms with van der Waals surface area (Å²) in [7, 11) is 0. The van der Waals surface area contributed by atoms with E-state index in [4.69, 9.17) is 23.2 Å². The van der Waals surface area contributed by atoms with E-state index in [-0.39, 0.29) is 36.0 Å². The van der Waals surface area contributed by atoms with Crippen molar-refractivity contribution in [3.63, 3.8) is 0 Å². The van der Waals surface area contributed by atoms with E-state index in [0.717, 1.165) is 39.3 Å². The maximum absolute atomic E-state index is 11.0. The normalized spacial score (nSPS) is 16.1. The van der Waals surface area contributed by atoms with Gasteiger partial charge in [0.25, 0.3) is 0 Å². The van der Waals surface area contributed by atoms with Crippen LogP contribution in [-0.4, -0.2) is 85.7 Å².